The van der Waals surface area contributed by atoms with Crippen molar-refractivity contribution in [1.29, 1.82) is 0 Å². The van der Waals surface area contributed by atoms with Crippen molar-refractivity contribution >= 4 is 23.2 Å². The number of carbonyl (C=O) groups excluding carboxylic acids is 1. The highest BCUT2D eigenvalue weighted by Gasteiger charge is 2.27. The molecule has 3 aromatic rings. The van der Waals surface area contributed by atoms with Gasteiger partial charge in [-0.25, -0.2) is 14.8 Å². The average Bonchev–Trinajstić information content (AvgIpc) is 3.15. The summed E-state index contributed by atoms with van der Waals surface area (Å²) in [6.07, 6.45) is 0.806. The number of anilines is 1. The quantitative estimate of drug-likeness (QED) is 0.511. The van der Waals surface area contributed by atoms with Crippen LogP contribution in [0.25, 0.3) is 16.9 Å². The molecule has 0 atom stereocenters. The molecule has 160 valence electrons. The monoisotopic (exact) mass is 429 g/mol. The van der Waals surface area contributed by atoms with E-state index in [1.54, 1.807) is 35.9 Å². The zero-order chi connectivity index (χ0) is 22.0. The van der Waals surface area contributed by atoms with Crippen LogP contribution in [0.15, 0.2) is 65.7 Å². The van der Waals surface area contributed by atoms with Gasteiger partial charge in [-0.2, -0.15) is 13.2 Å². The summed E-state index contributed by atoms with van der Waals surface area (Å²) in [5, 5.41) is 4.18. The minimum atomic E-state index is -4.47. The molecule has 11 heteroatoms. The maximum absolute atomic E-state index is 12.2. The zero-order valence-electron chi connectivity index (χ0n) is 16.3. The Morgan fingerprint density at radius 2 is 2.03 bits per heavy atom. The summed E-state index contributed by atoms with van der Waals surface area (Å²) in [6.45, 7) is 0.476. The fourth-order valence-electron chi connectivity index (χ4n) is 3.04. The number of urea groups is 1. The van der Waals surface area contributed by atoms with Gasteiger partial charge in [-0.3, -0.25) is 9.83 Å². The number of nitrogens with one attached hydrogen (secondary N) is 4. The molecule has 1 aromatic carbocycles. The third-order valence-corrected chi connectivity index (χ3v) is 4.41. The highest BCUT2D eigenvalue weighted by molar-refractivity contribution is 6.00. The van der Waals surface area contributed by atoms with Gasteiger partial charge in [-0.05, 0) is 31.2 Å². The van der Waals surface area contributed by atoms with Crippen LogP contribution in [0.3, 0.4) is 0 Å². The smallest absolute Gasteiger partial charge is 0.329 e. The van der Waals surface area contributed by atoms with Gasteiger partial charge in [0.05, 0.1) is 17.6 Å². The Kier molecular flexibility index (Phi) is 5.24. The van der Waals surface area contributed by atoms with Crippen LogP contribution in [0.4, 0.5) is 23.7 Å². The number of imidazole rings is 1. The Hall–Kier alpha value is -4.02. The van der Waals surface area contributed by atoms with Gasteiger partial charge < -0.3 is 16.1 Å². The number of hydrazine groups is 1. The maximum atomic E-state index is 12.2. The Bertz CT molecular complexity index is 1200. The van der Waals surface area contributed by atoms with Crippen LogP contribution in [-0.2, 0) is 0 Å². The van der Waals surface area contributed by atoms with Crippen LogP contribution in [0.5, 0.6) is 0 Å². The predicted molar refractivity (Wildman–Crippen MR) is 110 cm³/mol. The lowest BCUT2D eigenvalue weighted by Gasteiger charge is -2.15. The number of aliphatic imine (C=N–C) groups is 1. The molecule has 3 heterocycles. The van der Waals surface area contributed by atoms with E-state index in [9.17, 15) is 18.0 Å². The van der Waals surface area contributed by atoms with Crippen LogP contribution in [-0.4, -0.2) is 34.0 Å². The molecule has 4 N–H and O–H groups in total. The molecule has 0 aliphatic carbocycles. The van der Waals surface area contributed by atoms with Crippen LogP contribution in [0.2, 0.25) is 0 Å². The van der Waals surface area contributed by atoms with E-state index >= 15 is 0 Å². The summed E-state index contributed by atoms with van der Waals surface area (Å²) in [6, 6.07) is 9.60. The summed E-state index contributed by atoms with van der Waals surface area (Å²) in [5.41, 5.74) is 10.1. The summed E-state index contributed by atoms with van der Waals surface area (Å²) < 4.78 is 38.6. The second kappa shape index (κ2) is 8.01. The molecule has 2 amide bonds. The lowest BCUT2D eigenvalue weighted by atomic mass is 10.1. The largest absolute Gasteiger partial charge is 0.405 e. The van der Waals surface area contributed by atoms with Crippen LogP contribution in [0, 0.1) is 0 Å². The number of alkyl halides is 3. The van der Waals surface area contributed by atoms with Crippen molar-refractivity contribution in [2.24, 2.45) is 4.99 Å². The number of halogens is 3. The number of amides is 2. The molecule has 0 radical (unpaired) electrons. The van der Waals surface area contributed by atoms with Crippen LogP contribution >= 0.6 is 0 Å². The summed E-state index contributed by atoms with van der Waals surface area (Å²) in [4.78, 5) is 20.6. The fourth-order valence-corrected chi connectivity index (χ4v) is 3.04. The third kappa shape index (κ3) is 4.77. The van der Waals surface area contributed by atoms with E-state index in [0.29, 0.717) is 17.2 Å². The fraction of sp³-hybridized carbons (Fsp3) is 0.150. The molecule has 0 spiro atoms. The predicted octanol–water partition coefficient (Wildman–Crippen LogP) is 3.40. The van der Waals surface area contributed by atoms with E-state index in [1.807, 2.05) is 35.7 Å². The topological polar surface area (TPSA) is 94.8 Å². The first-order chi connectivity index (χ1) is 14.8. The molecule has 31 heavy (non-hydrogen) atoms. The first kappa shape index (κ1) is 20.3. The molecular formula is C20H18F3N7O. The molecule has 0 bridgehead atoms. The van der Waals surface area contributed by atoms with Gasteiger partial charge in [0.1, 0.15) is 12.2 Å². The van der Waals surface area contributed by atoms with Gasteiger partial charge >= 0.3 is 12.2 Å². The molecule has 0 saturated heterocycles. The molecule has 2 aromatic heterocycles. The molecule has 4 rings (SSSR count). The molecule has 0 unspecified atom stereocenters. The third-order valence-electron chi connectivity index (χ3n) is 4.41. The van der Waals surface area contributed by atoms with Gasteiger partial charge in [-0.15, -0.1) is 0 Å². The molecule has 1 aliphatic rings. The molecule has 0 fully saturated rings. The number of fused-ring (bicyclic) bond motifs is 1. The van der Waals surface area contributed by atoms with Gasteiger partial charge in [0, 0.05) is 29.2 Å². The summed E-state index contributed by atoms with van der Waals surface area (Å²) in [7, 11) is 0. The molecular weight excluding hydrogens is 411 g/mol. The Morgan fingerprint density at radius 1 is 1.19 bits per heavy atom. The van der Waals surface area contributed by atoms with Crippen molar-refractivity contribution in [1.82, 2.24) is 25.6 Å². The second-order valence-electron chi connectivity index (χ2n) is 6.81. The molecule has 8 nitrogen and oxygen atoms in total. The first-order valence-electron chi connectivity index (χ1n) is 9.25. The number of pyridine rings is 1. The zero-order valence-corrected chi connectivity index (χ0v) is 16.3. The number of carbonyl (C=O) groups is 1. The Labute approximate surface area is 174 Å². The number of hydrogen-bond acceptors (Lipinski definition) is 5. The van der Waals surface area contributed by atoms with E-state index in [4.69, 9.17) is 0 Å². The van der Waals surface area contributed by atoms with Gasteiger partial charge in [0.2, 0.25) is 0 Å². The number of allylic oxidation sites excluding steroid dienone is 1. The number of nitrogens with zero attached hydrogens (tertiary/aromatic N) is 3. The number of hydrogen-bond donors (Lipinski definition) is 4. The number of aromatic nitrogens is 2. The van der Waals surface area contributed by atoms with E-state index in [0.717, 1.165) is 22.5 Å². The van der Waals surface area contributed by atoms with Crippen LogP contribution < -0.4 is 21.5 Å². The van der Waals surface area contributed by atoms with Crippen molar-refractivity contribution in [3.8, 4) is 11.3 Å². The van der Waals surface area contributed by atoms with E-state index in [2.05, 4.69) is 26.1 Å². The van der Waals surface area contributed by atoms with Gasteiger partial charge in [0.15, 0.2) is 5.84 Å². The molecule has 1 aliphatic heterocycles. The Morgan fingerprint density at radius 3 is 2.81 bits per heavy atom. The minimum Gasteiger partial charge on any atom is -0.329 e. The maximum Gasteiger partial charge on any atom is 0.405 e. The first-order valence-corrected chi connectivity index (χ1v) is 9.25. The van der Waals surface area contributed by atoms with Crippen molar-refractivity contribution in [3.63, 3.8) is 0 Å². The van der Waals surface area contributed by atoms with Crippen LogP contribution in [0.1, 0.15) is 12.5 Å². The SMILES string of the molecule is CC1=CNNC(c2ccn3c(-c4cccc(NC(=O)NCC(F)(F)F)c4)cnc3c2)=N1. The lowest BCUT2D eigenvalue weighted by molar-refractivity contribution is -0.122. The normalized spacial score (nSPS) is 13.7. The van der Waals surface area contributed by atoms with Gasteiger partial charge in [0.25, 0.3) is 0 Å². The highest BCUT2D eigenvalue weighted by Crippen LogP contribution is 2.24. The van der Waals surface area contributed by atoms with E-state index in [1.165, 1.54) is 0 Å². The van der Waals surface area contributed by atoms with Crippen molar-refractivity contribution in [3.05, 3.63) is 66.3 Å². The minimum absolute atomic E-state index is 0.359. The van der Waals surface area contributed by atoms with Crippen molar-refractivity contribution in [2.75, 3.05) is 11.9 Å². The number of rotatable bonds is 4. The van der Waals surface area contributed by atoms with Crippen molar-refractivity contribution in [2.45, 2.75) is 13.1 Å². The van der Waals surface area contributed by atoms with E-state index < -0.39 is 18.8 Å². The summed E-state index contributed by atoms with van der Waals surface area (Å²) >= 11 is 0. The standard InChI is InChI=1S/C20H18F3N7O/c1-12-9-26-29-18(27-12)14-5-6-30-16(10-24-17(30)8-14)13-3-2-4-15(7-13)28-19(31)25-11-20(21,22)23/h2-10,26H,11H2,1H3,(H,27,29)(H2,25,28,31). The molecule has 0 saturated carbocycles. The lowest BCUT2D eigenvalue weighted by Crippen LogP contribution is -2.37. The van der Waals surface area contributed by atoms with E-state index in [-0.39, 0.29) is 0 Å². The van der Waals surface area contributed by atoms with Gasteiger partial charge in [-0.1, -0.05) is 12.1 Å². The van der Waals surface area contributed by atoms with Crippen molar-refractivity contribution < 1.29 is 18.0 Å². The summed E-state index contributed by atoms with van der Waals surface area (Å²) in [5.74, 6) is 0.670. The second-order valence-corrected chi connectivity index (χ2v) is 6.81. The average molecular weight is 429 g/mol. The number of benzene rings is 1. The number of amidine groups is 1. The Balaban J connectivity index is 1.56. The highest BCUT2D eigenvalue weighted by atomic mass is 19.4.